The molecule has 0 aliphatic rings. The summed E-state index contributed by atoms with van der Waals surface area (Å²) in [4.78, 5) is 72.6. The van der Waals surface area contributed by atoms with Gasteiger partial charge in [-0.25, -0.2) is 9.13 Å². The first-order chi connectivity index (χ1) is 44.2. The molecule has 92 heavy (non-hydrogen) atoms. The zero-order chi connectivity index (χ0) is 68.0. The van der Waals surface area contributed by atoms with Crippen LogP contribution in [-0.4, -0.2) is 96.7 Å². The van der Waals surface area contributed by atoms with Crippen LogP contribution in [0.5, 0.6) is 0 Å². The lowest BCUT2D eigenvalue weighted by molar-refractivity contribution is -0.161. The van der Waals surface area contributed by atoms with Gasteiger partial charge in [0.15, 0.2) is 12.2 Å². The van der Waals surface area contributed by atoms with Crippen molar-refractivity contribution >= 4 is 39.5 Å². The molecule has 0 aliphatic carbocycles. The van der Waals surface area contributed by atoms with Gasteiger partial charge in [0.25, 0.3) is 0 Å². The maximum atomic E-state index is 13.1. The van der Waals surface area contributed by atoms with E-state index >= 15 is 0 Å². The van der Waals surface area contributed by atoms with Gasteiger partial charge >= 0.3 is 39.5 Å². The Balaban J connectivity index is 5.20. The summed E-state index contributed by atoms with van der Waals surface area (Å²) >= 11 is 0. The lowest BCUT2D eigenvalue weighted by atomic mass is 10.0. The molecule has 0 heterocycles. The summed E-state index contributed by atoms with van der Waals surface area (Å²) in [6.45, 7) is 11.7. The molecule has 0 saturated heterocycles. The quantitative estimate of drug-likeness (QED) is 0.0222. The Bertz CT molecular complexity index is 1800. The third-order valence-corrected chi connectivity index (χ3v) is 18.8. The van der Waals surface area contributed by atoms with Gasteiger partial charge in [0.2, 0.25) is 0 Å². The van der Waals surface area contributed by atoms with Gasteiger partial charge in [-0.1, -0.05) is 318 Å². The lowest BCUT2D eigenvalue weighted by Gasteiger charge is -2.21. The smallest absolute Gasteiger partial charge is 0.462 e. The van der Waals surface area contributed by atoms with E-state index < -0.39 is 97.5 Å². The second-order valence-electron chi connectivity index (χ2n) is 27.8. The summed E-state index contributed by atoms with van der Waals surface area (Å²) < 4.78 is 68.3. The van der Waals surface area contributed by atoms with Crippen LogP contribution in [-0.2, 0) is 65.4 Å². The predicted molar refractivity (Wildman–Crippen MR) is 372 cm³/mol. The van der Waals surface area contributed by atoms with Crippen LogP contribution in [0.1, 0.15) is 370 Å². The van der Waals surface area contributed by atoms with Gasteiger partial charge in [-0.15, -0.1) is 0 Å². The molecule has 0 amide bonds. The maximum Gasteiger partial charge on any atom is 0.472 e. The Labute approximate surface area is 562 Å². The van der Waals surface area contributed by atoms with E-state index in [0.717, 1.165) is 102 Å². The molecule has 546 valence electrons. The van der Waals surface area contributed by atoms with Crippen LogP contribution in [0.3, 0.4) is 0 Å². The third kappa shape index (κ3) is 66.7. The van der Waals surface area contributed by atoms with E-state index in [-0.39, 0.29) is 25.7 Å². The monoisotopic (exact) mass is 1350 g/mol. The third-order valence-electron chi connectivity index (χ3n) is 16.9. The van der Waals surface area contributed by atoms with Crippen LogP contribution >= 0.6 is 15.6 Å². The van der Waals surface area contributed by atoms with Crippen molar-refractivity contribution in [1.82, 2.24) is 0 Å². The molecule has 0 radical (unpaired) electrons. The van der Waals surface area contributed by atoms with Gasteiger partial charge < -0.3 is 33.8 Å². The number of unbranched alkanes of at least 4 members (excludes halogenated alkanes) is 39. The number of hydrogen-bond acceptors (Lipinski definition) is 15. The highest BCUT2D eigenvalue weighted by molar-refractivity contribution is 7.47. The molecule has 0 fully saturated rings. The minimum atomic E-state index is -4.95. The largest absolute Gasteiger partial charge is 0.472 e. The highest BCUT2D eigenvalue weighted by Gasteiger charge is 2.30. The summed E-state index contributed by atoms with van der Waals surface area (Å²) in [7, 11) is -9.90. The topological polar surface area (TPSA) is 237 Å². The van der Waals surface area contributed by atoms with Crippen LogP contribution in [0.15, 0.2) is 0 Å². The summed E-state index contributed by atoms with van der Waals surface area (Å²) in [5, 5.41) is 10.6. The Morgan fingerprint density at radius 3 is 0.739 bits per heavy atom. The van der Waals surface area contributed by atoms with Crippen LogP contribution < -0.4 is 0 Å². The van der Waals surface area contributed by atoms with E-state index in [1.807, 2.05) is 0 Å². The molecule has 3 N–H and O–H groups in total. The average molecular weight is 1350 g/mol. The van der Waals surface area contributed by atoms with Gasteiger partial charge in [-0.05, 0) is 43.4 Å². The molecule has 0 aliphatic heterocycles. The number of esters is 4. The van der Waals surface area contributed by atoms with E-state index in [1.54, 1.807) is 0 Å². The Morgan fingerprint density at radius 1 is 0.293 bits per heavy atom. The first-order valence-corrected chi connectivity index (χ1v) is 40.8. The van der Waals surface area contributed by atoms with Crippen molar-refractivity contribution in [3.63, 3.8) is 0 Å². The molecule has 0 spiro atoms. The molecule has 0 bridgehead atoms. The highest BCUT2D eigenvalue weighted by atomic mass is 31.2. The molecule has 0 aromatic carbocycles. The van der Waals surface area contributed by atoms with Crippen molar-refractivity contribution in [3.8, 4) is 0 Å². The summed E-state index contributed by atoms with van der Waals surface area (Å²) in [5.74, 6) is 0.00144. The highest BCUT2D eigenvalue weighted by Crippen LogP contribution is 2.45. The van der Waals surface area contributed by atoms with Crippen LogP contribution in [0.2, 0.25) is 0 Å². The van der Waals surface area contributed by atoms with Gasteiger partial charge in [-0.2, -0.15) is 0 Å². The number of ether oxygens (including phenoxy) is 4. The minimum Gasteiger partial charge on any atom is -0.462 e. The first-order valence-electron chi connectivity index (χ1n) is 37.8. The predicted octanol–water partition coefficient (Wildman–Crippen LogP) is 21.0. The zero-order valence-corrected chi connectivity index (χ0v) is 61.8. The first kappa shape index (κ1) is 90.1. The number of aliphatic hydroxyl groups is 1. The molecule has 5 atom stereocenters. The van der Waals surface area contributed by atoms with Crippen molar-refractivity contribution in [2.24, 2.45) is 17.8 Å². The van der Waals surface area contributed by atoms with Gasteiger partial charge in [0, 0.05) is 25.7 Å². The lowest BCUT2D eigenvalue weighted by Crippen LogP contribution is -2.30. The van der Waals surface area contributed by atoms with E-state index in [2.05, 4.69) is 48.5 Å². The fourth-order valence-electron chi connectivity index (χ4n) is 11.1. The summed E-state index contributed by atoms with van der Waals surface area (Å²) in [6.07, 6.45) is 49.0. The molecule has 0 aromatic rings. The van der Waals surface area contributed by atoms with Crippen LogP contribution in [0.4, 0.5) is 0 Å². The number of carbonyl (C=O) groups excluding carboxylic acids is 4. The molecule has 2 unspecified atom stereocenters. The minimum absolute atomic E-state index is 0.101. The Morgan fingerprint density at radius 2 is 0.500 bits per heavy atom. The zero-order valence-electron chi connectivity index (χ0n) is 60.0. The molecular weight excluding hydrogens is 1210 g/mol. The Hall–Kier alpha value is -1.94. The van der Waals surface area contributed by atoms with Crippen LogP contribution in [0.25, 0.3) is 0 Å². The molecule has 17 nitrogen and oxygen atoms in total. The number of hydrogen-bond donors (Lipinski definition) is 3. The molecular formula is C73H142O17P2. The van der Waals surface area contributed by atoms with E-state index in [4.69, 9.17) is 37.0 Å². The van der Waals surface area contributed by atoms with Crippen molar-refractivity contribution in [2.45, 2.75) is 388 Å². The van der Waals surface area contributed by atoms with Gasteiger partial charge in [0.1, 0.15) is 19.3 Å². The van der Waals surface area contributed by atoms with Crippen LogP contribution in [0, 0.1) is 17.8 Å². The fourth-order valence-corrected chi connectivity index (χ4v) is 12.7. The van der Waals surface area contributed by atoms with E-state index in [0.29, 0.717) is 37.5 Å². The summed E-state index contributed by atoms with van der Waals surface area (Å²) in [6, 6.07) is 0. The Kier molecular flexibility index (Phi) is 62.4. The molecule has 0 saturated carbocycles. The number of aliphatic hydroxyl groups excluding tert-OH is 1. The summed E-state index contributed by atoms with van der Waals surface area (Å²) in [5.41, 5.74) is 0. The number of phosphoric acid groups is 2. The van der Waals surface area contributed by atoms with Crippen molar-refractivity contribution < 1.29 is 80.2 Å². The maximum absolute atomic E-state index is 13.1. The number of phosphoric ester groups is 2. The molecule has 0 rings (SSSR count). The average Bonchev–Trinajstić information content (AvgIpc) is 1.84. The second-order valence-corrected chi connectivity index (χ2v) is 30.7. The SMILES string of the molecule is CCCCCCCCCCCCCCCCCCCCCC(=O)O[C@H](COC(=O)CCCCCCCCCCCCCCC(C)C)COP(=O)(O)OC[C@@H](O)COP(=O)(O)OC[C@@H](COC(=O)CCCCCCCCC(C)C)OC(=O)CCCCCCCCC(C)C. The second kappa shape index (κ2) is 63.8. The molecule has 0 aromatic heterocycles. The standard InChI is InChI=1S/C73H142O17P2/c1-8-9-10-11-12-13-14-15-16-17-18-19-20-21-26-29-32-42-49-56-72(77)89-68(60-83-70(75)54-47-40-31-28-25-23-22-24-27-30-37-44-51-64(2)3)62-87-91(79,80)85-58-67(74)59-86-92(81,82)88-63-69(90-73(78)57-50-43-36-34-39-46-53-66(6)7)61-84-71(76)55-48-41-35-33-38-45-52-65(4)5/h64-69,74H,8-63H2,1-7H3,(H,79,80)(H,81,82)/t67-,68-,69-/m1/s1. The fraction of sp³-hybridized carbons (Fsp3) is 0.945. The van der Waals surface area contributed by atoms with Gasteiger partial charge in [0.05, 0.1) is 26.4 Å². The van der Waals surface area contributed by atoms with Crippen molar-refractivity contribution in [3.05, 3.63) is 0 Å². The van der Waals surface area contributed by atoms with E-state index in [1.165, 1.54) is 173 Å². The normalized spacial score (nSPS) is 14.1. The molecule has 19 heteroatoms. The van der Waals surface area contributed by atoms with Gasteiger partial charge in [-0.3, -0.25) is 37.3 Å². The van der Waals surface area contributed by atoms with E-state index in [9.17, 15) is 43.2 Å². The number of rotatable bonds is 71. The van der Waals surface area contributed by atoms with Crippen molar-refractivity contribution in [1.29, 1.82) is 0 Å². The van der Waals surface area contributed by atoms with Crippen molar-refractivity contribution in [2.75, 3.05) is 39.6 Å². The number of carbonyl (C=O) groups is 4.